The molecule has 1 N–H and O–H groups in total. The van der Waals surface area contributed by atoms with Gasteiger partial charge in [0, 0.05) is 11.3 Å². The van der Waals surface area contributed by atoms with Crippen molar-refractivity contribution in [2.24, 2.45) is 5.92 Å². The van der Waals surface area contributed by atoms with E-state index in [9.17, 15) is 22.8 Å². The Morgan fingerprint density at radius 3 is 2.24 bits per heavy atom. The van der Waals surface area contributed by atoms with Gasteiger partial charge >= 0.3 is 5.97 Å². The molecule has 1 fully saturated rings. The highest BCUT2D eigenvalue weighted by atomic mass is 32.2. The lowest BCUT2D eigenvalue weighted by molar-refractivity contribution is -0.122. The zero-order valence-corrected chi connectivity index (χ0v) is 19.7. The number of carboxylic acids is 1. The van der Waals surface area contributed by atoms with Crippen LogP contribution in [-0.2, 0) is 14.8 Å². The van der Waals surface area contributed by atoms with Crippen LogP contribution in [-0.4, -0.2) is 31.2 Å². The second-order valence-electron chi connectivity index (χ2n) is 8.54. The normalized spacial score (nSPS) is 14.8. The number of benzene rings is 2. The Morgan fingerprint density at radius 2 is 1.65 bits per heavy atom. The Morgan fingerprint density at radius 1 is 1.00 bits per heavy atom. The summed E-state index contributed by atoms with van der Waals surface area (Å²) in [4.78, 5) is 36.8. The van der Waals surface area contributed by atoms with Crippen molar-refractivity contribution in [3.63, 3.8) is 0 Å². The molecule has 34 heavy (non-hydrogen) atoms. The number of aromatic carboxylic acids is 1. The molecule has 9 heteroatoms. The lowest BCUT2D eigenvalue weighted by atomic mass is 9.88. The number of rotatable bonds is 6. The molecule has 2 aromatic carbocycles. The van der Waals surface area contributed by atoms with Gasteiger partial charge < -0.3 is 9.52 Å². The van der Waals surface area contributed by atoms with Crippen molar-refractivity contribution in [1.82, 2.24) is 0 Å². The highest BCUT2D eigenvalue weighted by molar-refractivity contribution is 7.93. The molecule has 0 bridgehead atoms. The fraction of sp³-hybridized carbons (Fsp3) is 0.320. The molecule has 1 heterocycles. The lowest BCUT2D eigenvalue weighted by Gasteiger charge is -2.29. The molecule has 0 unspecified atom stereocenters. The average molecular weight is 484 g/mol. The first-order valence-electron chi connectivity index (χ1n) is 11.1. The Kier molecular flexibility index (Phi) is 6.31. The molecule has 3 aromatic rings. The molecule has 0 saturated heterocycles. The monoisotopic (exact) mass is 483 g/mol. The fourth-order valence-electron chi connectivity index (χ4n) is 4.55. The molecule has 1 aromatic heterocycles. The number of ketones is 1. The summed E-state index contributed by atoms with van der Waals surface area (Å²) in [5, 5.41) is 9.58. The second kappa shape index (κ2) is 9.06. The van der Waals surface area contributed by atoms with E-state index in [1.807, 2.05) is 0 Å². The number of anilines is 1. The number of furan rings is 1. The third-order valence-electron chi connectivity index (χ3n) is 6.23. The minimum atomic E-state index is -4.36. The smallest absolute Gasteiger partial charge is 0.335 e. The molecule has 0 radical (unpaired) electrons. The first-order chi connectivity index (χ1) is 16.1. The molecule has 0 atom stereocenters. The minimum absolute atomic E-state index is 0.0644. The summed E-state index contributed by atoms with van der Waals surface area (Å²) in [7, 11) is -4.36. The highest BCUT2D eigenvalue weighted by Gasteiger charge is 2.36. The molecule has 0 aliphatic heterocycles. The van der Waals surface area contributed by atoms with Crippen LogP contribution in [0.3, 0.4) is 0 Å². The van der Waals surface area contributed by atoms with E-state index in [0.717, 1.165) is 23.6 Å². The number of carbonyl (C=O) groups is 3. The number of aryl methyl sites for hydroxylation is 1. The van der Waals surface area contributed by atoms with Crippen LogP contribution in [0.4, 0.5) is 5.69 Å². The molecular formula is C25H25NO7S. The van der Waals surface area contributed by atoms with Crippen molar-refractivity contribution in [2.75, 3.05) is 4.31 Å². The Hall–Kier alpha value is -3.46. The summed E-state index contributed by atoms with van der Waals surface area (Å²) in [6, 6.07) is 9.27. The van der Waals surface area contributed by atoms with Crippen LogP contribution in [0.15, 0.2) is 51.8 Å². The predicted molar refractivity (Wildman–Crippen MR) is 126 cm³/mol. The molecule has 0 spiro atoms. The van der Waals surface area contributed by atoms with E-state index in [2.05, 4.69) is 0 Å². The standard InChI is InChI=1S/C25H25NO7S/c1-15(27)23-16(2)33-22-13-10-19(14-21(22)23)26(24(28)17-6-4-3-5-7-17)34(31,32)20-11-8-18(9-12-20)25(29)30/h8-14,17H,3-7H2,1-2H3,(H,29,30). The molecule has 1 aliphatic rings. The van der Waals surface area contributed by atoms with Crippen molar-refractivity contribution in [3.8, 4) is 0 Å². The van der Waals surface area contributed by atoms with E-state index in [1.54, 1.807) is 13.0 Å². The van der Waals surface area contributed by atoms with Gasteiger partial charge in [0.05, 0.1) is 21.7 Å². The summed E-state index contributed by atoms with van der Waals surface area (Å²) in [6.45, 7) is 3.05. The number of carboxylic acid groups (broad SMARTS) is 1. The summed E-state index contributed by atoms with van der Waals surface area (Å²) in [5.41, 5.74) is 0.795. The average Bonchev–Trinajstić information content (AvgIpc) is 3.15. The van der Waals surface area contributed by atoms with E-state index >= 15 is 0 Å². The minimum Gasteiger partial charge on any atom is -0.478 e. The van der Waals surface area contributed by atoms with E-state index in [-0.39, 0.29) is 21.9 Å². The zero-order chi connectivity index (χ0) is 24.6. The van der Waals surface area contributed by atoms with E-state index in [0.29, 0.717) is 35.1 Å². The molecule has 4 rings (SSSR count). The summed E-state index contributed by atoms with van der Waals surface area (Å²) in [6.07, 6.45) is 3.86. The quantitative estimate of drug-likeness (QED) is 0.493. The molecular weight excluding hydrogens is 458 g/mol. The van der Waals surface area contributed by atoms with Crippen LogP contribution in [0.25, 0.3) is 11.0 Å². The fourth-order valence-corrected chi connectivity index (χ4v) is 6.01. The van der Waals surface area contributed by atoms with Crippen LogP contribution in [0.2, 0.25) is 0 Å². The molecule has 1 amide bonds. The van der Waals surface area contributed by atoms with Gasteiger partial charge in [-0.3, -0.25) is 9.59 Å². The zero-order valence-electron chi connectivity index (χ0n) is 18.9. The van der Waals surface area contributed by atoms with Crippen molar-refractivity contribution in [1.29, 1.82) is 0 Å². The number of nitrogens with zero attached hydrogens (tertiary/aromatic N) is 1. The number of hydrogen-bond acceptors (Lipinski definition) is 6. The third-order valence-corrected chi connectivity index (χ3v) is 7.97. The number of sulfonamides is 1. The van der Waals surface area contributed by atoms with Gasteiger partial charge in [0.2, 0.25) is 5.91 Å². The van der Waals surface area contributed by atoms with Crippen LogP contribution < -0.4 is 4.31 Å². The topological polar surface area (TPSA) is 122 Å². The Labute approximate surface area is 197 Å². The predicted octanol–water partition coefficient (Wildman–Crippen LogP) is 4.94. The largest absolute Gasteiger partial charge is 0.478 e. The number of carbonyl (C=O) groups excluding carboxylic acids is 2. The van der Waals surface area contributed by atoms with Crippen molar-refractivity contribution in [3.05, 3.63) is 59.4 Å². The first kappa shape index (κ1) is 23.7. The molecule has 1 aliphatic carbocycles. The molecule has 178 valence electrons. The first-order valence-corrected chi connectivity index (χ1v) is 12.5. The van der Waals surface area contributed by atoms with Crippen molar-refractivity contribution >= 4 is 44.3 Å². The van der Waals surface area contributed by atoms with Gasteiger partial charge in [0.25, 0.3) is 10.0 Å². The van der Waals surface area contributed by atoms with Gasteiger partial charge in [-0.25, -0.2) is 17.5 Å². The van der Waals surface area contributed by atoms with E-state index in [1.165, 1.54) is 43.3 Å². The number of hydrogen-bond donors (Lipinski definition) is 1. The number of Topliss-reactive ketones (excluding diaryl/α,β-unsaturated/α-hetero) is 1. The number of amides is 1. The Balaban J connectivity index is 1.87. The highest BCUT2D eigenvalue weighted by Crippen LogP contribution is 2.35. The van der Waals surface area contributed by atoms with Gasteiger partial charge in [-0.05, 0) is 69.2 Å². The van der Waals surface area contributed by atoms with Gasteiger partial charge in [-0.15, -0.1) is 0 Å². The third kappa shape index (κ3) is 4.23. The van der Waals surface area contributed by atoms with E-state index < -0.39 is 27.8 Å². The SMILES string of the molecule is CC(=O)c1c(C)oc2ccc(N(C(=O)C3CCCCC3)S(=O)(=O)c3ccc(C(=O)O)cc3)cc12. The lowest BCUT2D eigenvalue weighted by Crippen LogP contribution is -2.41. The summed E-state index contributed by atoms with van der Waals surface area (Å²) in [5.74, 6) is -1.99. The molecule has 1 saturated carbocycles. The van der Waals surface area contributed by atoms with Crippen molar-refractivity contribution in [2.45, 2.75) is 50.8 Å². The maximum atomic E-state index is 13.7. The van der Waals surface area contributed by atoms with Gasteiger partial charge in [0.1, 0.15) is 11.3 Å². The van der Waals surface area contributed by atoms with Gasteiger partial charge in [-0.1, -0.05) is 19.3 Å². The van der Waals surface area contributed by atoms with Crippen molar-refractivity contribution < 1.29 is 32.3 Å². The summed E-state index contributed by atoms with van der Waals surface area (Å²) < 4.78 is 33.9. The van der Waals surface area contributed by atoms with Gasteiger partial charge in [0.15, 0.2) is 5.78 Å². The van der Waals surface area contributed by atoms with E-state index in [4.69, 9.17) is 9.52 Å². The second-order valence-corrected chi connectivity index (χ2v) is 10.3. The maximum absolute atomic E-state index is 13.7. The van der Waals surface area contributed by atoms with Gasteiger partial charge in [-0.2, -0.15) is 0 Å². The maximum Gasteiger partial charge on any atom is 0.335 e. The molecule has 8 nitrogen and oxygen atoms in total. The Bertz CT molecular complexity index is 1380. The van der Waals surface area contributed by atoms with Crippen LogP contribution in [0.5, 0.6) is 0 Å². The van der Waals surface area contributed by atoms with Crippen LogP contribution in [0, 0.1) is 12.8 Å². The summed E-state index contributed by atoms with van der Waals surface area (Å²) >= 11 is 0. The number of fused-ring (bicyclic) bond motifs is 1. The van der Waals surface area contributed by atoms with Crippen LogP contribution in [0.1, 0.15) is 65.5 Å². The van der Waals surface area contributed by atoms with Crippen LogP contribution >= 0.6 is 0 Å².